The fourth-order valence-electron chi connectivity index (χ4n) is 2.89. The molecule has 0 atom stereocenters. The number of aromatic nitrogens is 1. The molecule has 0 saturated carbocycles. The molecule has 0 aliphatic rings. The van der Waals surface area contributed by atoms with Gasteiger partial charge in [0.2, 0.25) is 5.91 Å². The monoisotopic (exact) mass is 463 g/mol. The van der Waals surface area contributed by atoms with Crippen molar-refractivity contribution in [2.75, 3.05) is 0 Å². The van der Waals surface area contributed by atoms with Crippen LogP contribution >= 0.6 is 35.2 Å². The van der Waals surface area contributed by atoms with Crippen LogP contribution in [0.4, 0.5) is 0 Å². The molecule has 0 radical (unpaired) electrons. The Morgan fingerprint density at radius 1 is 1.03 bits per heavy atom. The number of carbonyl (C=O) groups excluding carboxylic acids is 1. The van der Waals surface area contributed by atoms with Gasteiger partial charge >= 0.3 is 0 Å². The highest BCUT2D eigenvalue weighted by Crippen LogP contribution is 2.29. The fourth-order valence-corrected chi connectivity index (χ4v) is 4.16. The highest BCUT2D eigenvalue weighted by Gasteiger charge is 2.06. The van der Waals surface area contributed by atoms with Gasteiger partial charge in [0.05, 0.1) is 10.2 Å². The van der Waals surface area contributed by atoms with Crippen LogP contribution < -0.4 is 10.6 Å². The van der Waals surface area contributed by atoms with Crippen LogP contribution in [0.15, 0.2) is 78.9 Å². The van der Waals surface area contributed by atoms with Crippen molar-refractivity contribution in [3.05, 3.63) is 95.0 Å². The van der Waals surface area contributed by atoms with Gasteiger partial charge in [0.15, 0.2) is 5.11 Å². The second-order valence-corrected chi connectivity index (χ2v) is 8.62. The summed E-state index contributed by atoms with van der Waals surface area (Å²) in [7, 11) is 0. The summed E-state index contributed by atoms with van der Waals surface area (Å²) in [6, 6.07) is 23.5. The lowest BCUT2D eigenvalue weighted by Crippen LogP contribution is -2.37. The summed E-state index contributed by atoms with van der Waals surface area (Å²) in [4.78, 5) is 16.7. The number of hydrogen-bond donors (Lipinski definition) is 2. The zero-order valence-corrected chi connectivity index (χ0v) is 18.7. The largest absolute Gasteiger partial charge is 0.358 e. The highest BCUT2D eigenvalue weighted by molar-refractivity contribution is 7.80. The lowest BCUT2D eigenvalue weighted by Gasteiger charge is -2.08. The van der Waals surface area contributed by atoms with Crippen molar-refractivity contribution in [1.82, 2.24) is 15.6 Å². The minimum atomic E-state index is -0.293. The lowest BCUT2D eigenvalue weighted by atomic mass is 10.1. The zero-order valence-electron chi connectivity index (χ0n) is 16.3. The molecule has 4 rings (SSSR count). The van der Waals surface area contributed by atoms with Gasteiger partial charge in [-0.05, 0) is 53.7 Å². The Labute approximate surface area is 194 Å². The third-order valence-electron chi connectivity index (χ3n) is 4.48. The molecule has 0 aliphatic heterocycles. The molecule has 31 heavy (non-hydrogen) atoms. The number of thiazole rings is 1. The van der Waals surface area contributed by atoms with E-state index < -0.39 is 0 Å². The molecule has 7 heteroatoms. The molecule has 0 bridgehead atoms. The fraction of sp³-hybridized carbons (Fsp3) is 0.0417. The smallest absolute Gasteiger partial charge is 0.250 e. The number of benzene rings is 3. The minimum absolute atomic E-state index is 0.279. The van der Waals surface area contributed by atoms with E-state index in [9.17, 15) is 4.79 Å². The lowest BCUT2D eigenvalue weighted by molar-refractivity contribution is -0.115. The van der Waals surface area contributed by atoms with Gasteiger partial charge in [-0.2, -0.15) is 0 Å². The van der Waals surface area contributed by atoms with Crippen LogP contribution in [-0.2, 0) is 11.3 Å². The summed E-state index contributed by atoms with van der Waals surface area (Å²) in [5.41, 5.74) is 4.03. The third-order valence-corrected chi connectivity index (χ3v) is 6.07. The number of rotatable bonds is 5. The van der Waals surface area contributed by atoms with E-state index in [0.29, 0.717) is 11.6 Å². The number of nitrogens with one attached hydrogen (secondary N) is 2. The molecule has 1 aromatic heterocycles. The van der Waals surface area contributed by atoms with Gasteiger partial charge in [-0.3, -0.25) is 10.1 Å². The maximum Gasteiger partial charge on any atom is 0.250 e. The third kappa shape index (κ3) is 5.76. The van der Waals surface area contributed by atoms with Crippen LogP contribution in [0.2, 0.25) is 5.02 Å². The molecule has 0 spiro atoms. The van der Waals surface area contributed by atoms with Crippen LogP contribution in [0.25, 0.3) is 26.9 Å². The second kappa shape index (κ2) is 9.83. The molecule has 4 aromatic rings. The van der Waals surface area contributed by atoms with Crippen LogP contribution in [0.5, 0.6) is 0 Å². The quantitative estimate of drug-likeness (QED) is 0.289. The first kappa shape index (κ1) is 21.2. The van der Waals surface area contributed by atoms with Gasteiger partial charge < -0.3 is 5.32 Å². The van der Waals surface area contributed by atoms with Crippen molar-refractivity contribution in [2.45, 2.75) is 6.54 Å². The van der Waals surface area contributed by atoms with E-state index in [1.807, 2.05) is 54.6 Å². The van der Waals surface area contributed by atoms with E-state index in [-0.39, 0.29) is 11.0 Å². The van der Waals surface area contributed by atoms with Crippen molar-refractivity contribution in [2.24, 2.45) is 0 Å². The van der Waals surface area contributed by atoms with E-state index in [2.05, 4.69) is 21.7 Å². The van der Waals surface area contributed by atoms with E-state index in [1.165, 1.54) is 10.8 Å². The van der Waals surface area contributed by atoms with Crippen molar-refractivity contribution >= 4 is 62.5 Å². The number of halogens is 1. The van der Waals surface area contributed by atoms with E-state index in [0.717, 1.165) is 27.2 Å². The van der Waals surface area contributed by atoms with Crippen LogP contribution in [0, 0.1) is 0 Å². The number of thiocarbonyl (C=S) groups is 1. The highest BCUT2D eigenvalue weighted by atomic mass is 35.5. The summed E-state index contributed by atoms with van der Waals surface area (Å²) >= 11 is 12.7. The first-order chi connectivity index (χ1) is 15.1. The molecule has 3 aromatic carbocycles. The molecule has 1 amide bonds. The average molecular weight is 464 g/mol. The number of hydrogen-bond acceptors (Lipinski definition) is 4. The molecule has 154 valence electrons. The maximum absolute atomic E-state index is 12.0. The molecule has 0 unspecified atom stereocenters. The number of carbonyl (C=O) groups is 1. The van der Waals surface area contributed by atoms with Gasteiger partial charge in [0.25, 0.3) is 0 Å². The predicted octanol–water partition coefficient (Wildman–Crippen LogP) is 5.82. The second-order valence-electron chi connectivity index (χ2n) is 6.74. The maximum atomic E-state index is 12.0. The Kier molecular flexibility index (Phi) is 6.72. The average Bonchev–Trinajstić information content (AvgIpc) is 3.22. The van der Waals surface area contributed by atoms with Gasteiger partial charge in [-0.15, -0.1) is 11.3 Å². The Morgan fingerprint density at radius 2 is 1.77 bits per heavy atom. The van der Waals surface area contributed by atoms with Crippen molar-refractivity contribution in [1.29, 1.82) is 0 Å². The van der Waals surface area contributed by atoms with E-state index >= 15 is 0 Å². The molecule has 1 heterocycles. The number of amides is 1. The number of para-hydroxylation sites is 1. The standard InChI is InChI=1S/C24H18ClN3OS2/c25-19-12-7-16(8-13-19)9-14-22(29)28-24(30)26-15-17-5-10-18(11-6-17)23-27-20-3-1-2-4-21(20)31-23/h1-14H,15H2,(H2,26,28,29,30)/b14-9+. The molecule has 0 saturated heterocycles. The molecular formula is C24H18ClN3OS2. The minimum Gasteiger partial charge on any atom is -0.358 e. The van der Waals surface area contributed by atoms with Gasteiger partial charge in [0.1, 0.15) is 5.01 Å². The summed E-state index contributed by atoms with van der Waals surface area (Å²) in [6.45, 7) is 0.514. The Morgan fingerprint density at radius 3 is 2.52 bits per heavy atom. The van der Waals surface area contributed by atoms with E-state index in [1.54, 1.807) is 29.5 Å². The summed E-state index contributed by atoms with van der Waals surface area (Å²) < 4.78 is 1.18. The Bertz CT molecular complexity index is 1220. The summed E-state index contributed by atoms with van der Waals surface area (Å²) in [5.74, 6) is -0.293. The van der Waals surface area contributed by atoms with Crippen LogP contribution in [-0.4, -0.2) is 16.0 Å². The van der Waals surface area contributed by atoms with Crippen LogP contribution in [0.3, 0.4) is 0 Å². The molecule has 0 fully saturated rings. The van der Waals surface area contributed by atoms with Crippen molar-refractivity contribution in [3.63, 3.8) is 0 Å². The Hall–Kier alpha value is -3.06. The number of fused-ring (bicyclic) bond motifs is 1. The predicted molar refractivity (Wildman–Crippen MR) is 133 cm³/mol. The van der Waals surface area contributed by atoms with Gasteiger partial charge in [-0.1, -0.05) is 60.1 Å². The zero-order chi connectivity index (χ0) is 21.6. The van der Waals surface area contributed by atoms with Crippen LogP contribution in [0.1, 0.15) is 11.1 Å². The van der Waals surface area contributed by atoms with Crippen molar-refractivity contribution < 1.29 is 4.79 Å². The first-order valence-electron chi connectivity index (χ1n) is 9.54. The normalized spacial score (nSPS) is 11.0. The van der Waals surface area contributed by atoms with E-state index in [4.69, 9.17) is 23.8 Å². The number of nitrogens with zero attached hydrogens (tertiary/aromatic N) is 1. The molecule has 4 nitrogen and oxygen atoms in total. The topological polar surface area (TPSA) is 54.0 Å². The summed E-state index contributed by atoms with van der Waals surface area (Å²) in [6.07, 6.45) is 3.14. The summed E-state index contributed by atoms with van der Waals surface area (Å²) in [5, 5.41) is 7.62. The van der Waals surface area contributed by atoms with Gasteiger partial charge in [0, 0.05) is 23.2 Å². The molecule has 0 aliphatic carbocycles. The molecular weight excluding hydrogens is 446 g/mol. The Balaban J connectivity index is 1.29. The first-order valence-corrected chi connectivity index (χ1v) is 11.1. The SMILES string of the molecule is O=C(/C=C/c1ccc(Cl)cc1)NC(=S)NCc1ccc(-c2nc3ccccc3s2)cc1. The van der Waals surface area contributed by atoms with Crippen molar-refractivity contribution in [3.8, 4) is 10.6 Å². The molecule has 2 N–H and O–H groups in total. The van der Waals surface area contributed by atoms with Gasteiger partial charge in [-0.25, -0.2) is 4.98 Å².